The number of amides is 1. The Kier molecular flexibility index (Phi) is 8.14. The highest BCUT2D eigenvalue weighted by Crippen LogP contribution is 2.26. The predicted octanol–water partition coefficient (Wildman–Crippen LogP) is 3.47. The van der Waals surface area contributed by atoms with Gasteiger partial charge < -0.3 is 14.7 Å². The van der Waals surface area contributed by atoms with Crippen LogP contribution in [0, 0.1) is 0 Å². The summed E-state index contributed by atoms with van der Waals surface area (Å²) < 4.78 is 5.31. The topological polar surface area (TPSA) is 83.0 Å². The van der Waals surface area contributed by atoms with E-state index in [2.05, 4.69) is 41.1 Å². The lowest BCUT2D eigenvalue weighted by Gasteiger charge is -2.26. The molecule has 2 saturated heterocycles. The molecule has 1 aromatic carbocycles. The Morgan fingerprint density at radius 2 is 1.61 bits per heavy atom. The van der Waals surface area contributed by atoms with Crippen LogP contribution in [0.2, 0.25) is 0 Å². The zero-order valence-corrected chi connectivity index (χ0v) is 18.3. The van der Waals surface area contributed by atoms with Crippen molar-refractivity contribution in [3.63, 3.8) is 0 Å². The Morgan fingerprint density at radius 1 is 1.00 bits per heavy atom. The lowest BCUT2D eigenvalue weighted by Crippen LogP contribution is -2.40. The molecule has 4 rings (SSSR count). The van der Waals surface area contributed by atoms with Crippen LogP contribution in [0.15, 0.2) is 42.6 Å². The number of aliphatic carboxylic acids is 1. The van der Waals surface area contributed by atoms with Crippen molar-refractivity contribution in [3.05, 3.63) is 53.7 Å². The Bertz CT molecular complexity index is 851. The summed E-state index contributed by atoms with van der Waals surface area (Å²) in [6, 6.07) is 12.9. The number of carbonyl (C=O) groups is 2. The van der Waals surface area contributed by atoms with Gasteiger partial charge in [0, 0.05) is 37.8 Å². The molecular formula is C24H31N3O4. The van der Waals surface area contributed by atoms with Crippen LogP contribution in [-0.4, -0.2) is 71.2 Å². The number of nitrogens with zero attached hydrogens (tertiary/aromatic N) is 3. The first-order chi connectivity index (χ1) is 15.0. The van der Waals surface area contributed by atoms with Crippen molar-refractivity contribution >= 4 is 11.9 Å². The summed E-state index contributed by atoms with van der Waals surface area (Å²) in [6.45, 7) is 8.28. The normalized spacial score (nSPS) is 17.5. The van der Waals surface area contributed by atoms with E-state index < -0.39 is 5.97 Å². The number of hydrogen-bond acceptors (Lipinski definition) is 5. The molecule has 1 amide bonds. The molecular weight excluding hydrogens is 394 g/mol. The largest absolute Gasteiger partial charge is 0.481 e. The summed E-state index contributed by atoms with van der Waals surface area (Å²) in [7, 11) is 0. The predicted molar refractivity (Wildman–Crippen MR) is 119 cm³/mol. The molecule has 7 heteroatoms. The van der Waals surface area contributed by atoms with Gasteiger partial charge in [-0.25, -0.2) is 0 Å². The van der Waals surface area contributed by atoms with Gasteiger partial charge in [-0.05, 0) is 50.6 Å². The maximum Gasteiger partial charge on any atom is 0.300 e. The molecule has 1 unspecified atom stereocenters. The van der Waals surface area contributed by atoms with E-state index in [-0.39, 0.29) is 5.91 Å². The second-order valence-corrected chi connectivity index (χ2v) is 7.90. The highest BCUT2D eigenvalue weighted by molar-refractivity contribution is 5.94. The number of carboxylic acids is 1. The first-order valence-electron chi connectivity index (χ1n) is 10.8. The monoisotopic (exact) mass is 425 g/mol. The van der Waals surface area contributed by atoms with Crippen molar-refractivity contribution in [2.75, 3.05) is 39.4 Å². The number of benzene rings is 1. The molecule has 0 spiro atoms. The van der Waals surface area contributed by atoms with Gasteiger partial charge in [0.15, 0.2) is 0 Å². The van der Waals surface area contributed by atoms with Crippen molar-refractivity contribution in [3.8, 4) is 11.3 Å². The van der Waals surface area contributed by atoms with Gasteiger partial charge in [0.2, 0.25) is 0 Å². The number of carboxylic acid groups (broad SMARTS) is 1. The molecule has 1 atom stereocenters. The second-order valence-electron chi connectivity index (χ2n) is 7.90. The van der Waals surface area contributed by atoms with E-state index in [1.165, 1.54) is 31.5 Å². The molecule has 7 nitrogen and oxygen atoms in total. The summed E-state index contributed by atoms with van der Waals surface area (Å²) in [5.41, 5.74) is 3.96. The van der Waals surface area contributed by atoms with Crippen molar-refractivity contribution in [1.29, 1.82) is 0 Å². The number of aromatic nitrogens is 1. The fraction of sp³-hybridized carbons (Fsp3) is 0.458. The van der Waals surface area contributed by atoms with Gasteiger partial charge in [-0.2, -0.15) is 0 Å². The third-order valence-corrected chi connectivity index (χ3v) is 5.69. The van der Waals surface area contributed by atoms with Gasteiger partial charge in [-0.1, -0.05) is 24.3 Å². The number of likely N-dealkylation sites (tertiary alicyclic amines) is 1. The van der Waals surface area contributed by atoms with E-state index >= 15 is 0 Å². The van der Waals surface area contributed by atoms with Crippen molar-refractivity contribution in [1.82, 2.24) is 14.8 Å². The molecule has 2 aliphatic heterocycles. The summed E-state index contributed by atoms with van der Waals surface area (Å²) in [5.74, 6) is -0.799. The van der Waals surface area contributed by atoms with Crippen molar-refractivity contribution < 1.29 is 19.4 Å². The number of hydrogen-bond donors (Lipinski definition) is 1. The van der Waals surface area contributed by atoms with Crippen molar-refractivity contribution in [2.24, 2.45) is 0 Å². The number of carbonyl (C=O) groups excluding carboxylic acids is 1. The molecule has 2 aliphatic rings. The third-order valence-electron chi connectivity index (χ3n) is 5.69. The fourth-order valence-electron chi connectivity index (χ4n) is 3.91. The van der Waals surface area contributed by atoms with Crippen LogP contribution in [0.25, 0.3) is 11.3 Å². The number of pyridine rings is 1. The van der Waals surface area contributed by atoms with E-state index in [1.807, 2.05) is 17.0 Å². The van der Waals surface area contributed by atoms with Crippen LogP contribution in [0.4, 0.5) is 0 Å². The zero-order chi connectivity index (χ0) is 22.2. The van der Waals surface area contributed by atoms with Crippen LogP contribution >= 0.6 is 0 Å². The standard InChI is InChI=1S/C22H27N3O2.C2H4O2/c1-17(24-10-2-3-11-24)18-4-6-19(7-5-18)21-9-8-20(16-23-21)22(26)25-12-14-27-15-13-25;1-2(3)4/h4-9,16-17H,2-3,10-15H2,1H3;1H3,(H,3,4). The second kappa shape index (κ2) is 11.0. The summed E-state index contributed by atoms with van der Waals surface area (Å²) in [4.78, 5) is 30.4. The Labute approximate surface area is 183 Å². The average Bonchev–Trinajstić information content (AvgIpc) is 3.34. The van der Waals surface area contributed by atoms with Crippen LogP contribution in [0.5, 0.6) is 0 Å². The maximum atomic E-state index is 12.5. The van der Waals surface area contributed by atoms with Gasteiger partial charge in [0.05, 0.1) is 24.5 Å². The van der Waals surface area contributed by atoms with Gasteiger partial charge in [0.25, 0.3) is 11.9 Å². The van der Waals surface area contributed by atoms with Crippen LogP contribution < -0.4 is 0 Å². The van der Waals surface area contributed by atoms with E-state index in [4.69, 9.17) is 14.6 Å². The van der Waals surface area contributed by atoms with Gasteiger partial charge >= 0.3 is 0 Å². The minimum absolute atomic E-state index is 0.0344. The first-order valence-corrected chi connectivity index (χ1v) is 10.8. The van der Waals surface area contributed by atoms with E-state index in [9.17, 15) is 4.79 Å². The van der Waals surface area contributed by atoms with Crippen LogP contribution in [-0.2, 0) is 9.53 Å². The SMILES string of the molecule is CC(=O)O.CC(c1ccc(-c2ccc(C(=O)N3CCOCC3)cn2)cc1)N1CCCC1. The number of ether oxygens (including phenoxy) is 1. The van der Waals surface area contributed by atoms with Gasteiger partial charge in [-0.15, -0.1) is 0 Å². The Morgan fingerprint density at radius 3 is 2.16 bits per heavy atom. The smallest absolute Gasteiger partial charge is 0.300 e. The van der Waals surface area contributed by atoms with E-state index in [1.54, 1.807) is 6.20 Å². The minimum Gasteiger partial charge on any atom is -0.481 e. The van der Waals surface area contributed by atoms with Crippen molar-refractivity contribution in [2.45, 2.75) is 32.7 Å². The zero-order valence-electron chi connectivity index (χ0n) is 18.3. The molecule has 0 saturated carbocycles. The minimum atomic E-state index is -0.833. The maximum absolute atomic E-state index is 12.5. The molecule has 0 bridgehead atoms. The Balaban J connectivity index is 0.000000628. The molecule has 0 radical (unpaired) electrons. The highest BCUT2D eigenvalue weighted by atomic mass is 16.5. The third kappa shape index (κ3) is 6.35. The highest BCUT2D eigenvalue weighted by Gasteiger charge is 2.20. The first kappa shape index (κ1) is 22.9. The fourth-order valence-corrected chi connectivity index (χ4v) is 3.91. The molecule has 1 N–H and O–H groups in total. The molecule has 2 fully saturated rings. The van der Waals surface area contributed by atoms with Crippen LogP contribution in [0.3, 0.4) is 0 Å². The molecule has 2 aromatic rings. The lowest BCUT2D eigenvalue weighted by molar-refractivity contribution is -0.134. The molecule has 1 aromatic heterocycles. The van der Waals surface area contributed by atoms with Gasteiger partial charge in [-0.3, -0.25) is 19.5 Å². The summed E-state index contributed by atoms with van der Waals surface area (Å²) in [6.07, 6.45) is 4.30. The average molecular weight is 426 g/mol. The van der Waals surface area contributed by atoms with Gasteiger partial charge in [0.1, 0.15) is 0 Å². The summed E-state index contributed by atoms with van der Waals surface area (Å²) in [5, 5.41) is 7.42. The number of morpholine rings is 1. The Hall–Kier alpha value is -2.77. The molecule has 31 heavy (non-hydrogen) atoms. The van der Waals surface area contributed by atoms with E-state index in [0.717, 1.165) is 18.2 Å². The quantitative estimate of drug-likeness (QED) is 0.808. The van der Waals surface area contributed by atoms with Crippen LogP contribution in [0.1, 0.15) is 48.7 Å². The molecule has 3 heterocycles. The molecule has 166 valence electrons. The summed E-state index contributed by atoms with van der Waals surface area (Å²) >= 11 is 0. The lowest BCUT2D eigenvalue weighted by atomic mass is 10.0. The van der Waals surface area contributed by atoms with E-state index in [0.29, 0.717) is 37.9 Å². The molecule has 0 aliphatic carbocycles. The number of rotatable bonds is 4.